The molecule has 0 spiro atoms. The first-order valence-electron chi connectivity index (χ1n) is 11.1. The Morgan fingerprint density at radius 3 is 2.69 bits per heavy atom. The molecule has 186 valence electrons. The first kappa shape index (κ1) is 24.1. The lowest BCUT2D eigenvalue weighted by Gasteiger charge is -2.22. The quantitative estimate of drug-likeness (QED) is 0.281. The third-order valence-electron chi connectivity index (χ3n) is 5.71. The highest BCUT2D eigenvalue weighted by Crippen LogP contribution is 2.36. The van der Waals surface area contributed by atoms with Crippen molar-refractivity contribution < 1.29 is 28.6 Å². The van der Waals surface area contributed by atoms with Crippen molar-refractivity contribution in [3.8, 4) is 11.5 Å². The second-order valence-electron chi connectivity index (χ2n) is 8.07. The summed E-state index contributed by atoms with van der Waals surface area (Å²) in [5.74, 6) is 0.599. The van der Waals surface area contributed by atoms with Crippen LogP contribution in [-0.2, 0) is 20.1 Å². The molecular weight excluding hydrogens is 504 g/mol. The van der Waals surface area contributed by atoms with E-state index in [4.69, 9.17) is 14.2 Å². The molecule has 0 bridgehead atoms. The van der Waals surface area contributed by atoms with E-state index in [1.165, 1.54) is 30.2 Å². The smallest absolute Gasteiger partial charge is 0.337 e. The maximum atomic E-state index is 12.8. The minimum Gasteiger partial charge on any atom is -0.486 e. The Hall–Kier alpha value is -3.64. The fourth-order valence-corrected chi connectivity index (χ4v) is 5.57. The maximum Gasteiger partial charge on any atom is 0.337 e. The summed E-state index contributed by atoms with van der Waals surface area (Å²) in [4.78, 5) is 38.6. The molecule has 12 heteroatoms. The van der Waals surface area contributed by atoms with Crippen molar-refractivity contribution in [1.82, 2.24) is 10.2 Å². The number of nitrogens with zero attached hydrogens (tertiary/aromatic N) is 3. The molecule has 2 amide bonds. The molecule has 3 heterocycles. The van der Waals surface area contributed by atoms with Gasteiger partial charge in [-0.15, -0.1) is 10.2 Å². The zero-order chi connectivity index (χ0) is 25.1. The van der Waals surface area contributed by atoms with Gasteiger partial charge in [0.05, 0.1) is 18.6 Å². The summed E-state index contributed by atoms with van der Waals surface area (Å²) in [5, 5.41) is 11.4. The van der Waals surface area contributed by atoms with Gasteiger partial charge in [0.15, 0.2) is 15.8 Å². The molecule has 1 saturated heterocycles. The third kappa shape index (κ3) is 5.29. The van der Waals surface area contributed by atoms with Crippen molar-refractivity contribution in [2.45, 2.75) is 16.5 Å². The summed E-state index contributed by atoms with van der Waals surface area (Å²) in [6.07, 6.45) is 0.113. The van der Waals surface area contributed by atoms with Crippen molar-refractivity contribution in [1.29, 1.82) is 0 Å². The Balaban J connectivity index is 1.15. The SMILES string of the molecule is COC(=O)c1ccc(CSc2nnc(NC(=O)[C@H]3CC(=O)N(c4ccc5c(c4)OCCO5)C3)s2)cc1. The van der Waals surface area contributed by atoms with E-state index < -0.39 is 5.92 Å². The number of carbonyl (C=O) groups excluding carboxylic acids is 3. The fraction of sp³-hybridized carbons (Fsp3) is 0.292. The van der Waals surface area contributed by atoms with Crippen molar-refractivity contribution in [2.75, 3.05) is 37.1 Å². The lowest BCUT2D eigenvalue weighted by Crippen LogP contribution is -2.28. The van der Waals surface area contributed by atoms with Gasteiger partial charge < -0.3 is 24.4 Å². The fourth-order valence-electron chi connectivity index (χ4n) is 3.86. The molecule has 2 aliphatic rings. The molecule has 0 radical (unpaired) electrons. The number of hydrogen-bond acceptors (Lipinski definition) is 10. The van der Waals surface area contributed by atoms with Crippen LogP contribution in [-0.4, -0.2) is 54.8 Å². The lowest BCUT2D eigenvalue weighted by molar-refractivity contribution is -0.122. The van der Waals surface area contributed by atoms with Gasteiger partial charge in [0.1, 0.15) is 13.2 Å². The average Bonchev–Trinajstić information content (AvgIpc) is 3.53. The number of esters is 1. The number of hydrogen-bond donors (Lipinski definition) is 1. The summed E-state index contributed by atoms with van der Waals surface area (Å²) in [7, 11) is 1.35. The van der Waals surface area contributed by atoms with Gasteiger partial charge >= 0.3 is 5.97 Å². The zero-order valence-corrected chi connectivity index (χ0v) is 20.9. The number of benzene rings is 2. The van der Waals surface area contributed by atoms with Crippen LogP contribution < -0.4 is 19.7 Å². The Morgan fingerprint density at radius 2 is 1.92 bits per heavy atom. The van der Waals surface area contributed by atoms with Crippen LogP contribution in [0.25, 0.3) is 0 Å². The Labute approximate surface area is 214 Å². The highest BCUT2D eigenvalue weighted by atomic mass is 32.2. The van der Waals surface area contributed by atoms with Crippen LogP contribution in [0, 0.1) is 5.92 Å². The second kappa shape index (κ2) is 10.5. The van der Waals surface area contributed by atoms with E-state index >= 15 is 0 Å². The third-order valence-corrected chi connectivity index (χ3v) is 7.75. The number of aromatic nitrogens is 2. The van der Waals surface area contributed by atoms with Gasteiger partial charge in [0.25, 0.3) is 0 Å². The van der Waals surface area contributed by atoms with E-state index in [1.54, 1.807) is 35.2 Å². The largest absolute Gasteiger partial charge is 0.486 e. The average molecular weight is 527 g/mol. The minimum absolute atomic E-state index is 0.113. The first-order valence-corrected chi connectivity index (χ1v) is 12.9. The van der Waals surface area contributed by atoms with Crippen LogP contribution in [0.1, 0.15) is 22.3 Å². The van der Waals surface area contributed by atoms with Crippen molar-refractivity contribution in [3.05, 3.63) is 53.6 Å². The van der Waals surface area contributed by atoms with Gasteiger partial charge in [0, 0.05) is 30.5 Å². The minimum atomic E-state index is -0.501. The van der Waals surface area contributed by atoms with Crippen LogP contribution in [0.4, 0.5) is 10.8 Å². The van der Waals surface area contributed by atoms with Crippen molar-refractivity contribution >= 4 is 51.7 Å². The first-order chi connectivity index (χ1) is 17.5. The van der Waals surface area contributed by atoms with E-state index in [2.05, 4.69) is 15.5 Å². The van der Waals surface area contributed by atoms with Gasteiger partial charge in [-0.05, 0) is 29.8 Å². The number of thioether (sulfide) groups is 1. The number of rotatable bonds is 7. The maximum absolute atomic E-state index is 12.8. The van der Waals surface area contributed by atoms with E-state index in [0.29, 0.717) is 51.2 Å². The standard InChI is InChI=1S/C24H22N4O6S2/c1-32-22(31)15-4-2-14(3-5-15)13-35-24-27-26-23(36-24)25-21(30)16-10-20(29)28(12-16)17-6-7-18-19(11-17)34-9-8-33-18/h2-7,11,16H,8-10,12-13H2,1H3,(H,25,26,30)/t16-/m0/s1. The van der Waals surface area contributed by atoms with Gasteiger partial charge in [-0.25, -0.2) is 4.79 Å². The molecule has 36 heavy (non-hydrogen) atoms. The number of methoxy groups -OCH3 is 1. The number of anilines is 2. The molecule has 1 aromatic heterocycles. The molecule has 0 unspecified atom stereocenters. The monoisotopic (exact) mass is 526 g/mol. The number of fused-ring (bicyclic) bond motifs is 1. The number of carbonyl (C=O) groups is 3. The van der Waals surface area contributed by atoms with Crippen LogP contribution in [0.15, 0.2) is 46.8 Å². The molecule has 3 aromatic rings. The molecule has 0 aliphatic carbocycles. The molecule has 1 atom stereocenters. The highest BCUT2D eigenvalue weighted by Gasteiger charge is 2.36. The summed E-state index contributed by atoms with van der Waals surface area (Å²) in [5.41, 5.74) is 2.18. The molecule has 5 rings (SSSR count). The second-order valence-corrected chi connectivity index (χ2v) is 10.3. The van der Waals surface area contributed by atoms with Crippen molar-refractivity contribution in [3.63, 3.8) is 0 Å². The number of nitrogens with one attached hydrogen (secondary N) is 1. The summed E-state index contributed by atoms with van der Waals surface area (Å²) in [6.45, 7) is 1.22. The lowest BCUT2D eigenvalue weighted by atomic mass is 10.1. The number of ether oxygens (including phenoxy) is 3. The summed E-state index contributed by atoms with van der Waals surface area (Å²) in [6, 6.07) is 12.5. The predicted molar refractivity (Wildman–Crippen MR) is 134 cm³/mol. The van der Waals surface area contributed by atoms with Gasteiger partial charge in [-0.1, -0.05) is 35.2 Å². The molecule has 2 aromatic carbocycles. The van der Waals surface area contributed by atoms with E-state index in [-0.39, 0.29) is 30.7 Å². The van der Waals surface area contributed by atoms with E-state index in [9.17, 15) is 14.4 Å². The van der Waals surface area contributed by atoms with Gasteiger partial charge in [0.2, 0.25) is 16.9 Å². The molecular formula is C24H22N4O6S2. The van der Waals surface area contributed by atoms with Gasteiger partial charge in [-0.2, -0.15) is 0 Å². The molecule has 1 N–H and O–H groups in total. The van der Waals surface area contributed by atoms with Crippen LogP contribution >= 0.6 is 23.1 Å². The van der Waals surface area contributed by atoms with Crippen LogP contribution in [0.3, 0.4) is 0 Å². The summed E-state index contributed by atoms with van der Waals surface area (Å²) >= 11 is 2.75. The Morgan fingerprint density at radius 1 is 1.14 bits per heavy atom. The van der Waals surface area contributed by atoms with Crippen LogP contribution in [0.5, 0.6) is 11.5 Å². The van der Waals surface area contributed by atoms with E-state index in [1.807, 2.05) is 12.1 Å². The van der Waals surface area contributed by atoms with E-state index in [0.717, 1.165) is 5.56 Å². The molecule has 0 saturated carbocycles. The Kier molecular flexibility index (Phi) is 7.05. The highest BCUT2D eigenvalue weighted by molar-refractivity contribution is 8.00. The van der Waals surface area contributed by atoms with Crippen LogP contribution in [0.2, 0.25) is 0 Å². The molecule has 10 nitrogen and oxygen atoms in total. The molecule has 1 fully saturated rings. The summed E-state index contributed by atoms with van der Waals surface area (Å²) < 4.78 is 16.5. The zero-order valence-electron chi connectivity index (χ0n) is 19.3. The topological polar surface area (TPSA) is 120 Å². The van der Waals surface area contributed by atoms with Gasteiger partial charge in [-0.3, -0.25) is 9.59 Å². The number of amides is 2. The predicted octanol–water partition coefficient (Wildman–Crippen LogP) is 3.38. The molecule has 2 aliphatic heterocycles. The van der Waals surface area contributed by atoms with Crippen molar-refractivity contribution in [2.24, 2.45) is 5.92 Å². The Bertz CT molecular complexity index is 1300. The normalized spacial score (nSPS) is 16.6.